The highest BCUT2D eigenvalue weighted by atomic mass is 19.1. The van der Waals surface area contributed by atoms with Crippen LogP contribution in [-0.4, -0.2) is 12.2 Å². The Kier molecular flexibility index (Phi) is 4.29. The molecule has 0 aromatic heterocycles. The smallest absolute Gasteiger partial charge is 0.170 e. The van der Waals surface area contributed by atoms with Crippen LogP contribution in [0.25, 0.3) is 0 Å². The number of rotatable bonds is 4. The van der Waals surface area contributed by atoms with Gasteiger partial charge in [0.1, 0.15) is 11.6 Å². The van der Waals surface area contributed by atoms with E-state index in [1.54, 1.807) is 0 Å². The van der Waals surface area contributed by atoms with E-state index in [1.165, 1.54) is 31.4 Å². The van der Waals surface area contributed by atoms with Crippen LogP contribution in [0.5, 0.6) is 5.75 Å². The van der Waals surface area contributed by atoms with Crippen LogP contribution in [0.1, 0.15) is 17.2 Å². The quantitative estimate of drug-likeness (QED) is 0.931. The molecule has 0 amide bonds. The molecule has 0 saturated heterocycles. The number of aliphatic hydroxyl groups is 1. The second-order valence-corrected chi connectivity index (χ2v) is 4.32. The van der Waals surface area contributed by atoms with E-state index in [9.17, 15) is 18.3 Å². The first-order chi connectivity index (χ1) is 9.52. The topological polar surface area (TPSA) is 29.5 Å². The van der Waals surface area contributed by atoms with Gasteiger partial charge in [-0.2, -0.15) is 0 Å². The van der Waals surface area contributed by atoms with Gasteiger partial charge < -0.3 is 9.84 Å². The highest BCUT2D eigenvalue weighted by Gasteiger charge is 2.18. The van der Waals surface area contributed by atoms with E-state index in [1.807, 2.05) is 0 Å². The van der Waals surface area contributed by atoms with Crippen LogP contribution in [0, 0.1) is 17.5 Å². The lowest BCUT2D eigenvalue weighted by Crippen LogP contribution is -2.07. The lowest BCUT2D eigenvalue weighted by molar-refractivity contribution is 0.171. The van der Waals surface area contributed by atoms with Gasteiger partial charge in [0.15, 0.2) is 11.6 Å². The minimum absolute atomic E-state index is 0.00104. The lowest BCUT2D eigenvalue weighted by Gasteiger charge is -2.14. The Labute approximate surface area is 114 Å². The zero-order valence-electron chi connectivity index (χ0n) is 10.7. The number of methoxy groups -OCH3 is 1. The van der Waals surface area contributed by atoms with Crippen molar-refractivity contribution in [3.8, 4) is 5.75 Å². The molecule has 0 bridgehead atoms. The van der Waals surface area contributed by atoms with Crippen molar-refractivity contribution in [2.24, 2.45) is 0 Å². The molecule has 2 rings (SSSR count). The third-order valence-corrected chi connectivity index (χ3v) is 3.00. The van der Waals surface area contributed by atoms with E-state index in [2.05, 4.69) is 0 Å². The minimum atomic E-state index is -1.25. The molecule has 20 heavy (non-hydrogen) atoms. The first kappa shape index (κ1) is 14.4. The Morgan fingerprint density at radius 1 is 1.15 bits per heavy atom. The summed E-state index contributed by atoms with van der Waals surface area (Å²) >= 11 is 0. The van der Waals surface area contributed by atoms with E-state index in [4.69, 9.17) is 4.74 Å². The highest BCUT2D eigenvalue weighted by molar-refractivity contribution is 5.33. The molecule has 106 valence electrons. The standard InChI is InChI=1S/C15H13F3O2/c1-20-14-4-2-3-11(15(14)18)13(19)7-9-5-6-10(16)8-12(9)17/h2-6,8,13,19H,7H2,1H3. The van der Waals surface area contributed by atoms with Crippen molar-refractivity contribution < 1.29 is 23.0 Å². The Morgan fingerprint density at radius 3 is 2.55 bits per heavy atom. The van der Waals surface area contributed by atoms with Crippen molar-refractivity contribution >= 4 is 0 Å². The predicted molar refractivity (Wildman–Crippen MR) is 68.0 cm³/mol. The van der Waals surface area contributed by atoms with Crippen molar-refractivity contribution in [2.45, 2.75) is 12.5 Å². The molecule has 0 aliphatic carbocycles. The molecule has 1 N–H and O–H groups in total. The number of hydrogen-bond acceptors (Lipinski definition) is 2. The maximum absolute atomic E-state index is 14.0. The van der Waals surface area contributed by atoms with E-state index in [0.29, 0.717) is 0 Å². The number of aliphatic hydroxyl groups excluding tert-OH is 1. The van der Waals surface area contributed by atoms with E-state index in [0.717, 1.165) is 12.1 Å². The van der Waals surface area contributed by atoms with Gasteiger partial charge in [-0.25, -0.2) is 13.2 Å². The van der Waals surface area contributed by atoms with Gasteiger partial charge >= 0.3 is 0 Å². The maximum atomic E-state index is 14.0. The molecule has 1 unspecified atom stereocenters. The molecule has 0 spiro atoms. The van der Waals surface area contributed by atoms with Gasteiger partial charge in [0.2, 0.25) is 0 Å². The average molecular weight is 282 g/mol. The van der Waals surface area contributed by atoms with Crippen molar-refractivity contribution in [1.82, 2.24) is 0 Å². The molecule has 0 aliphatic rings. The number of halogens is 3. The van der Waals surface area contributed by atoms with Crippen molar-refractivity contribution in [3.05, 3.63) is 65.0 Å². The van der Waals surface area contributed by atoms with Crippen molar-refractivity contribution in [1.29, 1.82) is 0 Å². The molecule has 0 saturated carbocycles. The summed E-state index contributed by atoms with van der Waals surface area (Å²) in [6, 6.07) is 7.39. The summed E-state index contributed by atoms with van der Waals surface area (Å²) in [6.07, 6.45) is -1.40. The van der Waals surface area contributed by atoms with Gasteiger partial charge in [0.05, 0.1) is 13.2 Å². The molecule has 2 aromatic rings. The molecule has 2 nitrogen and oxygen atoms in total. The fourth-order valence-electron chi connectivity index (χ4n) is 1.95. The van der Waals surface area contributed by atoms with Crippen LogP contribution in [0.2, 0.25) is 0 Å². The van der Waals surface area contributed by atoms with Crippen LogP contribution in [0.3, 0.4) is 0 Å². The molecule has 0 aliphatic heterocycles. The summed E-state index contributed by atoms with van der Waals surface area (Å²) in [5.74, 6) is -2.16. The second kappa shape index (κ2) is 5.96. The zero-order valence-corrected chi connectivity index (χ0v) is 10.7. The van der Waals surface area contributed by atoms with E-state index in [-0.39, 0.29) is 23.3 Å². The molecule has 5 heteroatoms. The summed E-state index contributed by atoms with van der Waals surface area (Å²) in [4.78, 5) is 0. The van der Waals surface area contributed by atoms with Crippen LogP contribution < -0.4 is 4.74 Å². The SMILES string of the molecule is COc1cccc(C(O)Cc2ccc(F)cc2F)c1F. The van der Waals surface area contributed by atoms with Gasteiger partial charge in [-0.05, 0) is 17.7 Å². The summed E-state index contributed by atoms with van der Waals surface area (Å²) in [5, 5.41) is 10.0. The molecular weight excluding hydrogens is 269 g/mol. The van der Waals surface area contributed by atoms with Gasteiger partial charge in [0, 0.05) is 18.1 Å². The molecule has 2 aromatic carbocycles. The number of hydrogen-bond donors (Lipinski definition) is 1. The minimum Gasteiger partial charge on any atom is -0.494 e. The third kappa shape index (κ3) is 2.93. The second-order valence-electron chi connectivity index (χ2n) is 4.32. The summed E-state index contributed by atoms with van der Waals surface area (Å²) in [7, 11) is 1.31. The van der Waals surface area contributed by atoms with Crippen molar-refractivity contribution in [2.75, 3.05) is 7.11 Å². The Hall–Kier alpha value is -2.01. The van der Waals surface area contributed by atoms with Gasteiger partial charge in [0.25, 0.3) is 0 Å². The largest absolute Gasteiger partial charge is 0.494 e. The van der Waals surface area contributed by atoms with E-state index < -0.39 is 23.6 Å². The first-order valence-electron chi connectivity index (χ1n) is 5.97. The Balaban J connectivity index is 2.26. The molecule has 0 fully saturated rings. The number of ether oxygens (including phenoxy) is 1. The third-order valence-electron chi connectivity index (χ3n) is 3.00. The Morgan fingerprint density at radius 2 is 1.90 bits per heavy atom. The van der Waals surface area contributed by atoms with Crippen LogP contribution in [0.4, 0.5) is 13.2 Å². The van der Waals surface area contributed by atoms with Crippen LogP contribution in [-0.2, 0) is 6.42 Å². The fourth-order valence-corrected chi connectivity index (χ4v) is 1.95. The Bertz CT molecular complexity index is 614. The van der Waals surface area contributed by atoms with Crippen LogP contribution in [0.15, 0.2) is 36.4 Å². The summed E-state index contributed by atoms with van der Waals surface area (Å²) in [6.45, 7) is 0. The van der Waals surface area contributed by atoms with Gasteiger partial charge in [-0.1, -0.05) is 18.2 Å². The summed E-state index contributed by atoms with van der Waals surface area (Å²) in [5.41, 5.74) is 0.120. The molecular formula is C15H13F3O2. The highest BCUT2D eigenvalue weighted by Crippen LogP contribution is 2.27. The normalized spacial score (nSPS) is 12.2. The van der Waals surface area contributed by atoms with Gasteiger partial charge in [-0.3, -0.25) is 0 Å². The average Bonchev–Trinajstić information content (AvgIpc) is 2.42. The predicted octanol–water partition coefficient (Wildman–Crippen LogP) is 3.39. The summed E-state index contributed by atoms with van der Waals surface area (Å²) < 4.78 is 45.1. The number of benzene rings is 2. The van der Waals surface area contributed by atoms with Gasteiger partial charge in [-0.15, -0.1) is 0 Å². The lowest BCUT2D eigenvalue weighted by atomic mass is 10.0. The van der Waals surface area contributed by atoms with Crippen molar-refractivity contribution in [3.63, 3.8) is 0 Å². The zero-order chi connectivity index (χ0) is 14.7. The molecule has 1 atom stereocenters. The van der Waals surface area contributed by atoms with E-state index >= 15 is 0 Å². The van der Waals surface area contributed by atoms with Crippen LogP contribution >= 0.6 is 0 Å². The molecule has 0 radical (unpaired) electrons. The maximum Gasteiger partial charge on any atom is 0.170 e. The molecule has 0 heterocycles. The first-order valence-corrected chi connectivity index (χ1v) is 5.97. The monoisotopic (exact) mass is 282 g/mol. The fraction of sp³-hybridized carbons (Fsp3) is 0.200.